The van der Waals surface area contributed by atoms with E-state index >= 15 is 0 Å². The molecular weight excluding hydrogens is 280 g/mol. The summed E-state index contributed by atoms with van der Waals surface area (Å²) in [5, 5.41) is 2.78. The Bertz CT molecular complexity index is 425. The summed E-state index contributed by atoms with van der Waals surface area (Å²) in [4.78, 5) is 11.3. The van der Waals surface area contributed by atoms with Gasteiger partial charge in [0.25, 0.3) is 0 Å². The second-order valence-corrected chi connectivity index (χ2v) is 4.37. The van der Waals surface area contributed by atoms with Crippen LogP contribution in [-0.4, -0.2) is 32.7 Å². The van der Waals surface area contributed by atoms with Crippen LogP contribution in [0.4, 0.5) is 0 Å². The van der Waals surface area contributed by atoms with Crippen LogP contribution < -0.4 is 20.5 Å². The lowest BCUT2D eigenvalue weighted by Crippen LogP contribution is -2.38. The molecule has 0 aliphatic carbocycles. The van der Waals surface area contributed by atoms with Crippen LogP contribution >= 0.6 is 12.4 Å². The van der Waals surface area contributed by atoms with Gasteiger partial charge in [0.15, 0.2) is 11.5 Å². The molecule has 6 heteroatoms. The molecule has 0 aromatic heterocycles. The maximum Gasteiger partial charge on any atom is 0.236 e. The maximum absolute atomic E-state index is 11.3. The molecule has 0 aliphatic heterocycles. The summed E-state index contributed by atoms with van der Waals surface area (Å²) in [5.74, 6) is 1.32. The number of rotatable bonds is 7. The lowest BCUT2D eigenvalue weighted by atomic mass is 10.1. The van der Waals surface area contributed by atoms with Gasteiger partial charge in [-0.25, -0.2) is 0 Å². The SMILES string of the molecule is COc1ccc(CCCNC(=O)C(C)N)cc1OC.Cl. The first-order chi connectivity index (χ1) is 9.08. The minimum Gasteiger partial charge on any atom is -0.493 e. The first-order valence-electron chi connectivity index (χ1n) is 6.32. The number of ether oxygens (including phenoxy) is 2. The number of carbonyl (C=O) groups is 1. The Labute approximate surface area is 126 Å². The van der Waals surface area contributed by atoms with Crippen molar-refractivity contribution in [3.8, 4) is 11.5 Å². The van der Waals surface area contributed by atoms with E-state index in [9.17, 15) is 4.79 Å². The third-order valence-corrected chi connectivity index (χ3v) is 2.80. The number of methoxy groups -OCH3 is 2. The molecule has 0 fully saturated rings. The molecule has 1 aromatic rings. The van der Waals surface area contributed by atoms with Crippen molar-refractivity contribution in [3.05, 3.63) is 23.8 Å². The van der Waals surface area contributed by atoms with Crippen molar-refractivity contribution in [1.82, 2.24) is 5.32 Å². The number of nitrogens with two attached hydrogens (primary N) is 1. The van der Waals surface area contributed by atoms with Crippen molar-refractivity contribution in [2.75, 3.05) is 20.8 Å². The molecule has 20 heavy (non-hydrogen) atoms. The third-order valence-electron chi connectivity index (χ3n) is 2.80. The van der Waals surface area contributed by atoms with Crippen molar-refractivity contribution >= 4 is 18.3 Å². The molecule has 0 radical (unpaired) electrons. The molecule has 1 unspecified atom stereocenters. The molecule has 0 spiro atoms. The average Bonchev–Trinajstić information content (AvgIpc) is 2.42. The van der Waals surface area contributed by atoms with Gasteiger partial charge in [0.1, 0.15) is 0 Å². The van der Waals surface area contributed by atoms with Crippen LogP contribution in [-0.2, 0) is 11.2 Å². The van der Waals surface area contributed by atoms with Gasteiger partial charge in [-0.2, -0.15) is 0 Å². The van der Waals surface area contributed by atoms with Gasteiger partial charge in [-0.15, -0.1) is 12.4 Å². The number of benzene rings is 1. The van der Waals surface area contributed by atoms with E-state index in [2.05, 4.69) is 5.32 Å². The molecule has 0 bridgehead atoms. The van der Waals surface area contributed by atoms with Crippen LogP contribution in [0.15, 0.2) is 18.2 Å². The lowest BCUT2D eigenvalue weighted by molar-refractivity contribution is -0.121. The number of hydrogen-bond acceptors (Lipinski definition) is 4. The lowest BCUT2D eigenvalue weighted by Gasteiger charge is -2.10. The van der Waals surface area contributed by atoms with Gasteiger partial charge in [-0.3, -0.25) is 4.79 Å². The predicted octanol–water partition coefficient (Wildman–Crippen LogP) is 1.52. The first-order valence-corrected chi connectivity index (χ1v) is 6.32. The fraction of sp³-hybridized carbons (Fsp3) is 0.500. The van der Waals surface area contributed by atoms with E-state index in [-0.39, 0.29) is 18.3 Å². The quantitative estimate of drug-likeness (QED) is 0.749. The average molecular weight is 303 g/mol. The number of nitrogens with one attached hydrogen (secondary N) is 1. The zero-order valence-electron chi connectivity index (χ0n) is 12.1. The second kappa shape index (κ2) is 9.44. The van der Waals surface area contributed by atoms with E-state index in [0.717, 1.165) is 29.9 Å². The molecule has 1 rings (SSSR count). The summed E-state index contributed by atoms with van der Waals surface area (Å²) in [6.45, 7) is 2.29. The van der Waals surface area contributed by atoms with Gasteiger partial charge in [0, 0.05) is 6.54 Å². The van der Waals surface area contributed by atoms with Crippen molar-refractivity contribution in [2.45, 2.75) is 25.8 Å². The Morgan fingerprint density at radius 2 is 1.95 bits per heavy atom. The highest BCUT2D eigenvalue weighted by Crippen LogP contribution is 2.27. The van der Waals surface area contributed by atoms with E-state index in [1.54, 1.807) is 21.1 Å². The molecule has 0 saturated heterocycles. The van der Waals surface area contributed by atoms with Crippen LogP contribution in [0.5, 0.6) is 11.5 Å². The number of amides is 1. The molecule has 1 aromatic carbocycles. The molecule has 114 valence electrons. The summed E-state index contributed by atoms with van der Waals surface area (Å²) in [6.07, 6.45) is 1.72. The molecule has 5 nitrogen and oxygen atoms in total. The number of aryl methyl sites for hydroxylation is 1. The van der Waals surface area contributed by atoms with E-state index < -0.39 is 6.04 Å². The van der Waals surface area contributed by atoms with Crippen molar-refractivity contribution in [1.29, 1.82) is 0 Å². The number of hydrogen-bond donors (Lipinski definition) is 2. The highest BCUT2D eigenvalue weighted by molar-refractivity contribution is 5.85. The Balaban J connectivity index is 0.00000361. The Kier molecular flexibility index (Phi) is 8.76. The fourth-order valence-electron chi connectivity index (χ4n) is 1.70. The van der Waals surface area contributed by atoms with E-state index in [1.165, 1.54) is 0 Å². The zero-order chi connectivity index (χ0) is 14.3. The van der Waals surface area contributed by atoms with Crippen molar-refractivity contribution in [3.63, 3.8) is 0 Å². The van der Waals surface area contributed by atoms with Gasteiger partial charge in [-0.05, 0) is 37.5 Å². The highest BCUT2D eigenvalue weighted by atomic mass is 35.5. The van der Waals surface area contributed by atoms with Gasteiger partial charge in [0.2, 0.25) is 5.91 Å². The van der Waals surface area contributed by atoms with Crippen LogP contribution in [0.2, 0.25) is 0 Å². The Morgan fingerprint density at radius 3 is 2.50 bits per heavy atom. The normalized spacial score (nSPS) is 11.2. The monoisotopic (exact) mass is 302 g/mol. The van der Waals surface area contributed by atoms with Gasteiger partial charge in [-0.1, -0.05) is 6.07 Å². The smallest absolute Gasteiger partial charge is 0.236 e. The minimum absolute atomic E-state index is 0. The van der Waals surface area contributed by atoms with E-state index in [4.69, 9.17) is 15.2 Å². The van der Waals surface area contributed by atoms with E-state index in [0.29, 0.717) is 6.54 Å². The number of halogens is 1. The summed E-state index contributed by atoms with van der Waals surface area (Å²) in [5.41, 5.74) is 6.60. The second-order valence-electron chi connectivity index (χ2n) is 4.37. The van der Waals surface area contributed by atoms with Crippen LogP contribution in [0, 0.1) is 0 Å². The van der Waals surface area contributed by atoms with Gasteiger partial charge < -0.3 is 20.5 Å². The largest absolute Gasteiger partial charge is 0.493 e. The van der Waals surface area contributed by atoms with Crippen LogP contribution in [0.1, 0.15) is 18.9 Å². The molecular formula is C14H23ClN2O3. The molecule has 1 atom stereocenters. The summed E-state index contributed by atoms with van der Waals surface area (Å²) in [7, 11) is 3.23. The molecule has 0 saturated carbocycles. The van der Waals surface area contributed by atoms with Crippen LogP contribution in [0.3, 0.4) is 0 Å². The summed E-state index contributed by atoms with van der Waals surface area (Å²) < 4.78 is 10.4. The zero-order valence-corrected chi connectivity index (χ0v) is 13.0. The molecule has 0 heterocycles. The minimum atomic E-state index is -0.457. The summed E-state index contributed by atoms with van der Waals surface area (Å²) in [6, 6.07) is 5.37. The Hall–Kier alpha value is -1.46. The fourth-order valence-corrected chi connectivity index (χ4v) is 1.70. The molecule has 1 amide bonds. The van der Waals surface area contributed by atoms with Gasteiger partial charge in [0.05, 0.1) is 20.3 Å². The molecule has 3 N–H and O–H groups in total. The van der Waals surface area contributed by atoms with Crippen molar-refractivity contribution in [2.24, 2.45) is 5.73 Å². The number of carbonyl (C=O) groups excluding carboxylic acids is 1. The highest BCUT2D eigenvalue weighted by Gasteiger charge is 2.06. The topological polar surface area (TPSA) is 73.6 Å². The van der Waals surface area contributed by atoms with E-state index in [1.807, 2.05) is 18.2 Å². The maximum atomic E-state index is 11.3. The van der Waals surface area contributed by atoms with Crippen LogP contribution in [0.25, 0.3) is 0 Å². The molecule has 0 aliphatic rings. The first kappa shape index (κ1) is 18.5. The standard InChI is InChI=1S/C14H22N2O3.ClH/c1-10(15)14(17)16-8-4-5-11-6-7-12(18-2)13(9-11)19-3;/h6-7,9-10H,4-5,8,15H2,1-3H3,(H,16,17);1H. The summed E-state index contributed by atoms with van der Waals surface area (Å²) >= 11 is 0. The Morgan fingerprint density at radius 1 is 1.30 bits per heavy atom. The predicted molar refractivity (Wildman–Crippen MR) is 81.8 cm³/mol. The van der Waals surface area contributed by atoms with Crippen molar-refractivity contribution < 1.29 is 14.3 Å². The van der Waals surface area contributed by atoms with Gasteiger partial charge >= 0.3 is 0 Å². The third kappa shape index (κ3) is 5.67.